The Morgan fingerprint density at radius 2 is 1.92 bits per heavy atom. The Bertz CT molecular complexity index is 748. The van der Waals surface area contributed by atoms with Crippen LogP contribution in [0.5, 0.6) is 0 Å². The van der Waals surface area contributed by atoms with Crippen molar-refractivity contribution >= 4 is 23.6 Å². The minimum atomic E-state index is -0.394. The van der Waals surface area contributed by atoms with E-state index in [1.165, 1.54) is 11.8 Å². The van der Waals surface area contributed by atoms with Crippen LogP contribution in [-0.2, 0) is 20.9 Å². The Kier molecular flexibility index (Phi) is 8.18. The van der Waals surface area contributed by atoms with Crippen LogP contribution in [0.25, 0.3) is 0 Å². The van der Waals surface area contributed by atoms with Crippen molar-refractivity contribution in [3.05, 3.63) is 65.2 Å². The first kappa shape index (κ1) is 20.0. The van der Waals surface area contributed by atoms with Gasteiger partial charge in [-0.1, -0.05) is 42.0 Å². The second-order valence-corrected chi connectivity index (χ2v) is 6.71. The molecule has 138 valence electrons. The number of hydrogen-bond donors (Lipinski definition) is 1. The molecule has 0 saturated heterocycles. The summed E-state index contributed by atoms with van der Waals surface area (Å²) in [5, 5.41) is 2.75. The van der Waals surface area contributed by atoms with Gasteiger partial charge in [0.25, 0.3) is 0 Å². The molecule has 1 amide bonds. The maximum atomic E-state index is 12.4. The van der Waals surface area contributed by atoms with Gasteiger partial charge in [-0.05, 0) is 24.6 Å². The third-order valence-electron chi connectivity index (χ3n) is 3.55. The SMILES string of the molecule is COCCNC(=O)CSc1ccccc1C(=O)OCc1cccc(C)c1. The normalized spacial score (nSPS) is 10.4. The van der Waals surface area contributed by atoms with Crippen LogP contribution in [0.15, 0.2) is 53.4 Å². The third-order valence-corrected chi connectivity index (χ3v) is 4.62. The average molecular weight is 373 g/mol. The van der Waals surface area contributed by atoms with E-state index in [0.29, 0.717) is 18.7 Å². The highest BCUT2D eigenvalue weighted by atomic mass is 32.2. The molecule has 0 bridgehead atoms. The van der Waals surface area contributed by atoms with Gasteiger partial charge < -0.3 is 14.8 Å². The summed E-state index contributed by atoms with van der Waals surface area (Å²) in [4.78, 5) is 25.0. The first-order valence-electron chi connectivity index (χ1n) is 8.30. The van der Waals surface area contributed by atoms with E-state index in [1.807, 2.05) is 43.3 Å². The van der Waals surface area contributed by atoms with E-state index < -0.39 is 5.97 Å². The fraction of sp³-hybridized carbons (Fsp3) is 0.300. The minimum absolute atomic E-state index is 0.102. The lowest BCUT2D eigenvalue weighted by atomic mass is 10.1. The molecule has 0 unspecified atom stereocenters. The molecule has 5 nitrogen and oxygen atoms in total. The van der Waals surface area contributed by atoms with E-state index in [2.05, 4.69) is 5.32 Å². The van der Waals surface area contributed by atoms with Crippen molar-refractivity contribution < 1.29 is 19.1 Å². The second kappa shape index (κ2) is 10.6. The van der Waals surface area contributed by atoms with Gasteiger partial charge in [-0.3, -0.25) is 4.79 Å². The lowest BCUT2D eigenvalue weighted by Crippen LogP contribution is -2.28. The quantitative estimate of drug-likeness (QED) is 0.415. The molecule has 0 radical (unpaired) electrons. The molecule has 0 aliphatic rings. The lowest BCUT2D eigenvalue weighted by molar-refractivity contribution is -0.118. The van der Waals surface area contributed by atoms with Crippen LogP contribution < -0.4 is 5.32 Å². The molecule has 2 aromatic rings. The molecule has 0 aromatic heterocycles. The van der Waals surface area contributed by atoms with Crippen LogP contribution >= 0.6 is 11.8 Å². The smallest absolute Gasteiger partial charge is 0.339 e. The zero-order valence-electron chi connectivity index (χ0n) is 15.0. The number of nitrogens with one attached hydrogen (secondary N) is 1. The van der Waals surface area contributed by atoms with Gasteiger partial charge in [0.1, 0.15) is 6.61 Å². The fourth-order valence-corrected chi connectivity index (χ4v) is 3.15. The fourth-order valence-electron chi connectivity index (χ4n) is 2.28. The summed E-state index contributed by atoms with van der Waals surface area (Å²) in [6.45, 7) is 3.15. The Labute approximate surface area is 158 Å². The van der Waals surface area contributed by atoms with Crippen molar-refractivity contribution in [2.75, 3.05) is 26.0 Å². The molecule has 2 aromatic carbocycles. The van der Waals surface area contributed by atoms with Crippen molar-refractivity contribution in [2.24, 2.45) is 0 Å². The van der Waals surface area contributed by atoms with Crippen LogP contribution in [0.4, 0.5) is 0 Å². The third kappa shape index (κ3) is 6.54. The summed E-state index contributed by atoms with van der Waals surface area (Å²) >= 11 is 1.31. The zero-order chi connectivity index (χ0) is 18.8. The number of hydrogen-bond acceptors (Lipinski definition) is 5. The predicted octanol–water partition coefficient (Wildman–Crippen LogP) is 3.21. The van der Waals surface area contributed by atoms with Crippen molar-refractivity contribution in [1.29, 1.82) is 0 Å². The van der Waals surface area contributed by atoms with Crippen molar-refractivity contribution in [3.63, 3.8) is 0 Å². The highest BCUT2D eigenvalue weighted by molar-refractivity contribution is 8.00. The van der Waals surface area contributed by atoms with Gasteiger partial charge in [-0.2, -0.15) is 0 Å². The van der Waals surface area contributed by atoms with Gasteiger partial charge in [0.05, 0.1) is 17.9 Å². The number of thioether (sulfide) groups is 1. The highest BCUT2D eigenvalue weighted by Gasteiger charge is 2.14. The molecule has 0 atom stereocenters. The Morgan fingerprint density at radius 3 is 2.69 bits per heavy atom. The first-order valence-corrected chi connectivity index (χ1v) is 9.29. The van der Waals surface area contributed by atoms with Gasteiger partial charge in [-0.25, -0.2) is 4.79 Å². The number of benzene rings is 2. The van der Waals surface area contributed by atoms with Gasteiger partial charge in [0.2, 0.25) is 5.91 Å². The minimum Gasteiger partial charge on any atom is -0.457 e. The number of rotatable bonds is 9. The van der Waals surface area contributed by atoms with E-state index >= 15 is 0 Å². The molecule has 0 spiro atoms. The standard InChI is InChI=1S/C20H23NO4S/c1-15-6-5-7-16(12-15)13-25-20(23)17-8-3-4-9-18(17)26-14-19(22)21-10-11-24-2/h3-9,12H,10-11,13-14H2,1-2H3,(H,21,22). The summed E-state index contributed by atoms with van der Waals surface area (Å²) in [6, 6.07) is 15.0. The molecule has 6 heteroatoms. The maximum Gasteiger partial charge on any atom is 0.339 e. The Hall–Kier alpha value is -2.31. The van der Waals surface area contributed by atoms with E-state index in [4.69, 9.17) is 9.47 Å². The molecule has 0 fully saturated rings. The molecular formula is C20H23NO4S. The maximum absolute atomic E-state index is 12.4. The predicted molar refractivity (Wildman–Crippen MR) is 102 cm³/mol. The summed E-state index contributed by atoms with van der Waals surface area (Å²) in [6.07, 6.45) is 0. The number of methoxy groups -OCH3 is 1. The van der Waals surface area contributed by atoms with Crippen molar-refractivity contribution in [1.82, 2.24) is 5.32 Å². The largest absolute Gasteiger partial charge is 0.457 e. The molecule has 1 N–H and O–H groups in total. The number of aryl methyl sites for hydroxylation is 1. The van der Waals surface area contributed by atoms with Gasteiger partial charge >= 0.3 is 5.97 Å². The van der Waals surface area contributed by atoms with Gasteiger partial charge in [-0.15, -0.1) is 11.8 Å². The number of carbonyl (C=O) groups excluding carboxylic acids is 2. The Morgan fingerprint density at radius 1 is 1.12 bits per heavy atom. The molecule has 0 aliphatic heterocycles. The highest BCUT2D eigenvalue weighted by Crippen LogP contribution is 2.23. The van der Waals surface area contributed by atoms with E-state index in [0.717, 1.165) is 16.0 Å². The van der Waals surface area contributed by atoms with Crippen molar-refractivity contribution in [3.8, 4) is 0 Å². The molecule has 0 aliphatic carbocycles. The molecular weight excluding hydrogens is 350 g/mol. The van der Waals surface area contributed by atoms with Gasteiger partial charge in [0.15, 0.2) is 0 Å². The molecule has 0 heterocycles. The van der Waals surface area contributed by atoms with Crippen LogP contribution in [0.1, 0.15) is 21.5 Å². The van der Waals surface area contributed by atoms with Gasteiger partial charge in [0, 0.05) is 18.6 Å². The molecule has 26 heavy (non-hydrogen) atoms. The number of amides is 1. The molecule has 0 saturated carbocycles. The van der Waals surface area contributed by atoms with Crippen LogP contribution in [0.3, 0.4) is 0 Å². The summed E-state index contributed by atoms with van der Waals surface area (Å²) in [5.41, 5.74) is 2.53. The summed E-state index contributed by atoms with van der Waals surface area (Å²) in [5.74, 6) is -0.268. The summed E-state index contributed by atoms with van der Waals surface area (Å²) in [7, 11) is 1.58. The van der Waals surface area contributed by atoms with Crippen LogP contribution in [0, 0.1) is 6.92 Å². The van der Waals surface area contributed by atoms with E-state index in [-0.39, 0.29) is 18.3 Å². The van der Waals surface area contributed by atoms with E-state index in [1.54, 1.807) is 19.2 Å². The van der Waals surface area contributed by atoms with E-state index in [9.17, 15) is 9.59 Å². The summed E-state index contributed by atoms with van der Waals surface area (Å²) < 4.78 is 10.3. The number of esters is 1. The zero-order valence-corrected chi connectivity index (χ0v) is 15.8. The number of ether oxygens (including phenoxy) is 2. The topological polar surface area (TPSA) is 64.6 Å². The molecule has 2 rings (SSSR count). The monoisotopic (exact) mass is 373 g/mol. The first-order chi connectivity index (χ1) is 12.6. The second-order valence-electron chi connectivity index (χ2n) is 5.69. The average Bonchev–Trinajstić information content (AvgIpc) is 2.65. The van der Waals surface area contributed by atoms with Crippen LogP contribution in [-0.4, -0.2) is 37.9 Å². The Balaban J connectivity index is 1.92. The number of carbonyl (C=O) groups is 2. The lowest BCUT2D eigenvalue weighted by Gasteiger charge is -2.10. The van der Waals surface area contributed by atoms with Crippen LogP contribution in [0.2, 0.25) is 0 Å². The van der Waals surface area contributed by atoms with Crippen molar-refractivity contribution in [2.45, 2.75) is 18.4 Å².